The largest absolute Gasteiger partial charge is 0.480 e. The Hall–Kier alpha value is -2.18. The number of azide groups is 1. The second kappa shape index (κ2) is 6.67. The predicted molar refractivity (Wildman–Crippen MR) is 65.8 cm³/mol. The first-order chi connectivity index (χ1) is 9.06. The van der Waals surface area contributed by atoms with Crippen LogP contribution in [0.4, 0.5) is 4.39 Å². The zero-order chi connectivity index (χ0) is 14.3. The van der Waals surface area contributed by atoms with Gasteiger partial charge in [-0.1, -0.05) is 12.0 Å². The van der Waals surface area contributed by atoms with Crippen molar-refractivity contribution in [3.05, 3.63) is 40.3 Å². The summed E-state index contributed by atoms with van der Waals surface area (Å²) in [6.45, 7) is 1.98. The number of hydrogen-bond acceptors (Lipinski definition) is 4. The van der Waals surface area contributed by atoms with E-state index in [9.17, 15) is 14.3 Å². The summed E-state index contributed by atoms with van der Waals surface area (Å²) in [5.74, 6) is -1.65. The Kier molecular flexibility index (Phi) is 5.23. The second-order valence-electron chi connectivity index (χ2n) is 3.81. The fourth-order valence-electron chi connectivity index (χ4n) is 1.73. The van der Waals surface area contributed by atoms with Crippen LogP contribution in [-0.4, -0.2) is 29.1 Å². The molecule has 19 heavy (non-hydrogen) atoms. The van der Waals surface area contributed by atoms with Gasteiger partial charge < -0.3 is 5.11 Å². The third-order valence-corrected chi connectivity index (χ3v) is 2.76. The van der Waals surface area contributed by atoms with E-state index in [2.05, 4.69) is 20.3 Å². The van der Waals surface area contributed by atoms with E-state index >= 15 is 0 Å². The van der Waals surface area contributed by atoms with Crippen LogP contribution in [-0.2, 0) is 10.3 Å². The van der Waals surface area contributed by atoms with E-state index < -0.39 is 17.3 Å². The van der Waals surface area contributed by atoms with Crippen LogP contribution in [0.5, 0.6) is 0 Å². The fraction of sp³-hybridized carbons (Fsp3) is 0.455. The summed E-state index contributed by atoms with van der Waals surface area (Å²) in [5, 5.41) is 15.5. The number of carbonyl (C=O) groups is 1. The van der Waals surface area contributed by atoms with Crippen molar-refractivity contribution in [2.45, 2.75) is 18.9 Å². The molecule has 1 aromatic heterocycles. The maximum absolute atomic E-state index is 12.8. The highest BCUT2D eigenvalue weighted by molar-refractivity contribution is 5.80. The Balaban J connectivity index is 3.01. The Morgan fingerprint density at radius 2 is 2.42 bits per heavy atom. The molecule has 0 aliphatic carbocycles. The first-order valence-corrected chi connectivity index (χ1v) is 5.68. The number of carboxylic acid groups (broad SMARTS) is 1. The molecule has 0 aliphatic rings. The Bertz CT molecular complexity index is 486. The van der Waals surface area contributed by atoms with Crippen LogP contribution in [0.15, 0.2) is 23.4 Å². The van der Waals surface area contributed by atoms with Crippen LogP contribution in [0.25, 0.3) is 10.4 Å². The molecule has 0 bridgehead atoms. The average molecular weight is 267 g/mol. The predicted octanol–water partition coefficient (Wildman–Crippen LogP) is 1.81. The standard InChI is InChI=1S/C11H14FN5O2/c1-2-11(10(18)19,15-5-6-16-17-13)9-4-3-8(12)7-14-9/h3-4,7,15H,2,5-6H2,1H3,(H,18,19). The first-order valence-electron chi connectivity index (χ1n) is 5.68. The van der Waals surface area contributed by atoms with Gasteiger partial charge in [0.1, 0.15) is 5.82 Å². The molecule has 0 fully saturated rings. The smallest absolute Gasteiger partial charge is 0.330 e. The summed E-state index contributed by atoms with van der Waals surface area (Å²) in [6.07, 6.45) is 1.19. The summed E-state index contributed by atoms with van der Waals surface area (Å²) in [5.41, 5.74) is 6.96. The maximum Gasteiger partial charge on any atom is 0.330 e. The minimum Gasteiger partial charge on any atom is -0.480 e. The molecule has 0 radical (unpaired) electrons. The lowest BCUT2D eigenvalue weighted by Gasteiger charge is -2.28. The molecule has 102 valence electrons. The highest BCUT2D eigenvalue weighted by atomic mass is 19.1. The van der Waals surface area contributed by atoms with Crippen molar-refractivity contribution in [2.75, 3.05) is 13.1 Å². The van der Waals surface area contributed by atoms with E-state index in [4.69, 9.17) is 5.53 Å². The SMILES string of the molecule is CCC(NCCN=[N+]=[N-])(C(=O)O)c1ccc(F)cn1. The molecule has 1 heterocycles. The van der Waals surface area contributed by atoms with Gasteiger partial charge in [0.05, 0.1) is 11.9 Å². The molecule has 2 N–H and O–H groups in total. The lowest BCUT2D eigenvalue weighted by Crippen LogP contribution is -2.50. The van der Waals surface area contributed by atoms with Gasteiger partial charge in [-0.15, -0.1) is 0 Å². The molecule has 8 heteroatoms. The third-order valence-electron chi connectivity index (χ3n) is 2.76. The Morgan fingerprint density at radius 3 is 2.89 bits per heavy atom. The topological polar surface area (TPSA) is 111 Å². The number of rotatable bonds is 7. The molecular formula is C11H14FN5O2. The van der Waals surface area contributed by atoms with Crippen molar-refractivity contribution in [1.82, 2.24) is 10.3 Å². The average Bonchev–Trinajstić information content (AvgIpc) is 2.40. The molecule has 1 aromatic rings. The van der Waals surface area contributed by atoms with E-state index in [1.165, 1.54) is 6.07 Å². The molecule has 7 nitrogen and oxygen atoms in total. The number of halogens is 1. The van der Waals surface area contributed by atoms with Gasteiger partial charge in [-0.05, 0) is 24.1 Å². The van der Waals surface area contributed by atoms with Gasteiger partial charge in [0.15, 0.2) is 5.54 Å². The number of pyridine rings is 1. The molecule has 0 aromatic carbocycles. The molecule has 0 aliphatic heterocycles. The van der Waals surface area contributed by atoms with Gasteiger partial charge in [0, 0.05) is 18.0 Å². The zero-order valence-electron chi connectivity index (χ0n) is 10.4. The number of aliphatic carboxylic acids is 1. The van der Waals surface area contributed by atoms with Crippen molar-refractivity contribution in [1.29, 1.82) is 0 Å². The number of nitrogens with zero attached hydrogens (tertiary/aromatic N) is 4. The van der Waals surface area contributed by atoms with Crippen molar-refractivity contribution in [3.8, 4) is 0 Å². The normalized spacial score (nSPS) is 13.4. The van der Waals surface area contributed by atoms with E-state index in [0.29, 0.717) is 0 Å². The van der Waals surface area contributed by atoms with Gasteiger partial charge in [0.25, 0.3) is 0 Å². The summed E-state index contributed by atoms with van der Waals surface area (Å²) in [4.78, 5) is 17.9. The van der Waals surface area contributed by atoms with Gasteiger partial charge >= 0.3 is 5.97 Å². The minimum atomic E-state index is -1.42. The molecule has 0 saturated heterocycles. The quantitative estimate of drug-likeness (QED) is 0.339. The van der Waals surface area contributed by atoms with Crippen LogP contribution < -0.4 is 5.32 Å². The molecule has 0 amide bonds. The minimum absolute atomic E-state index is 0.118. The molecule has 1 rings (SSSR count). The summed E-state index contributed by atoms with van der Waals surface area (Å²) in [7, 11) is 0. The number of hydrogen-bond donors (Lipinski definition) is 2. The highest BCUT2D eigenvalue weighted by Crippen LogP contribution is 2.23. The second-order valence-corrected chi connectivity index (χ2v) is 3.81. The van der Waals surface area contributed by atoms with E-state index in [-0.39, 0.29) is 25.2 Å². The lowest BCUT2D eigenvalue weighted by molar-refractivity contribution is -0.145. The number of carboxylic acids is 1. The Labute approximate surface area is 109 Å². The number of aromatic nitrogens is 1. The van der Waals surface area contributed by atoms with Crippen molar-refractivity contribution >= 4 is 5.97 Å². The van der Waals surface area contributed by atoms with Crippen LogP contribution in [0, 0.1) is 5.82 Å². The number of nitrogens with one attached hydrogen (secondary N) is 1. The van der Waals surface area contributed by atoms with Crippen molar-refractivity contribution in [3.63, 3.8) is 0 Å². The lowest BCUT2D eigenvalue weighted by atomic mass is 9.91. The summed E-state index contributed by atoms with van der Waals surface area (Å²) < 4.78 is 12.8. The molecular weight excluding hydrogens is 253 g/mol. The third kappa shape index (κ3) is 3.40. The highest BCUT2D eigenvalue weighted by Gasteiger charge is 2.39. The van der Waals surface area contributed by atoms with E-state index in [0.717, 1.165) is 12.3 Å². The monoisotopic (exact) mass is 267 g/mol. The van der Waals surface area contributed by atoms with Crippen LogP contribution in [0.3, 0.4) is 0 Å². The molecule has 0 spiro atoms. The summed E-state index contributed by atoms with van der Waals surface area (Å²) in [6, 6.07) is 2.48. The van der Waals surface area contributed by atoms with E-state index in [1.807, 2.05) is 0 Å². The van der Waals surface area contributed by atoms with Crippen LogP contribution >= 0.6 is 0 Å². The molecule has 0 saturated carbocycles. The maximum atomic E-state index is 12.8. The Morgan fingerprint density at radius 1 is 1.68 bits per heavy atom. The van der Waals surface area contributed by atoms with Crippen molar-refractivity contribution in [2.24, 2.45) is 5.11 Å². The van der Waals surface area contributed by atoms with E-state index in [1.54, 1.807) is 6.92 Å². The molecule has 1 atom stereocenters. The molecule has 1 unspecified atom stereocenters. The van der Waals surface area contributed by atoms with Gasteiger partial charge in [0.2, 0.25) is 0 Å². The van der Waals surface area contributed by atoms with Crippen LogP contribution in [0.1, 0.15) is 19.0 Å². The summed E-state index contributed by atoms with van der Waals surface area (Å²) >= 11 is 0. The van der Waals surface area contributed by atoms with Crippen molar-refractivity contribution < 1.29 is 14.3 Å². The first kappa shape index (κ1) is 14.9. The van der Waals surface area contributed by atoms with Gasteiger partial charge in [-0.25, -0.2) is 9.18 Å². The van der Waals surface area contributed by atoms with Gasteiger partial charge in [-0.2, -0.15) is 0 Å². The zero-order valence-corrected chi connectivity index (χ0v) is 10.4. The fourth-order valence-corrected chi connectivity index (χ4v) is 1.73. The van der Waals surface area contributed by atoms with Gasteiger partial charge in [-0.3, -0.25) is 10.3 Å². The van der Waals surface area contributed by atoms with Crippen LogP contribution in [0.2, 0.25) is 0 Å².